The number of rotatable bonds is 5. The molecule has 1 fully saturated rings. The van der Waals surface area contributed by atoms with Crippen molar-refractivity contribution in [1.29, 1.82) is 0 Å². The average molecular weight is 285 g/mol. The lowest BCUT2D eigenvalue weighted by atomic mass is 10.1. The summed E-state index contributed by atoms with van der Waals surface area (Å²) in [7, 11) is 3.18. The quantitative estimate of drug-likeness (QED) is 0.675. The summed E-state index contributed by atoms with van der Waals surface area (Å²) in [6.45, 7) is 2.07. The van der Waals surface area contributed by atoms with Gasteiger partial charge in [-0.3, -0.25) is 9.59 Å². The molecule has 0 radical (unpaired) electrons. The van der Waals surface area contributed by atoms with Crippen LogP contribution in [0.15, 0.2) is 0 Å². The van der Waals surface area contributed by atoms with Crippen LogP contribution in [0.4, 0.5) is 4.79 Å². The van der Waals surface area contributed by atoms with Crippen LogP contribution in [0.2, 0.25) is 0 Å². The van der Waals surface area contributed by atoms with Gasteiger partial charge in [0.15, 0.2) is 0 Å². The Kier molecular flexibility index (Phi) is 5.79. The summed E-state index contributed by atoms with van der Waals surface area (Å²) in [5, 5.41) is 14.3. The second-order valence-corrected chi connectivity index (χ2v) is 5.39. The predicted octanol–water partition coefficient (Wildman–Crippen LogP) is 0.263. The number of nitrogens with zero attached hydrogens (tertiary/aromatic N) is 1. The number of aliphatic carboxylic acids is 1. The number of carbonyl (C=O) groups is 3. The molecule has 3 atom stereocenters. The normalized spacial score (nSPS) is 22.9. The SMILES string of the molecule is CNC(=O)C(C)CN(C)C(=O)N[C@H]1CC[C@@H](C(=O)O)C1. The second-order valence-electron chi connectivity index (χ2n) is 5.39. The van der Waals surface area contributed by atoms with E-state index in [1.54, 1.807) is 21.0 Å². The number of nitrogens with one attached hydrogen (secondary N) is 2. The van der Waals surface area contributed by atoms with Crippen molar-refractivity contribution in [2.24, 2.45) is 11.8 Å². The Hall–Kier alpha value is -1.79. The molecule has 0 saturated heterocycles. The summed E-state index contributed by atoms with van der Waals surface area (Å²) in [6.07, 6.45) is 1.75. The van der Waals surface area contributed by atoms with Gasteiger partial charge in [0, 0.05) is 26.7 Å². The Labute approximate surface area is 118 Å². The molecule has 114 valence electrons. The first-order valence-electron chi connectivity index (χ1n) is 6.81. The number of amides is 3. The molecule has 20 heavy (non-hydrogen) atoms. The zero-order valence-electron chi connectivity index (χ0n) is 12.2. The van der Waals surface area contributed by atoms with Gasteiger partial charge in [-0.05, 0) is 19.3 Å². The van der Waals surface area contributed by atoms with Crippen LogP contribution in [0.25, 0.3) is 0 Å². The summed E-state index contributed by atoms with van der Waals surface area (Å²) in [5.74, 6) is -1.57. The molecule has 1 aliphatic carbocycles. The molecule has 0 spiro atoms. The summed E-state index contributed by atoms with van der Waals surface area (Å²) in [4.78, 5) is 35.7. The fraction of sp³-hybridized carbons (Fsp3) is 0.769. The first kappa shape index (κ1) is 16.3. The van der Waals surface area contributed by atoms with Crippen LogP contribution in [-0.2, 0) is 9.59 Å². The van der Waals surface area contributed by atoms with Crippen molar-refractivity contribution in [3.05, 3.63) is 0 Å². The second kappa shape index (κ2) is 7.12. The number of carboxylic acids is 1. The lowest BCUT2D eigenvalue weighted by Crippen LogP contribution is -2.45. The Morgan fingerprint density at radius 1 is 1.35 bits per heavy atom. The van der Waals surface area contributed by atoms with Gasteiger partial charge in [0.25, 0.3) is 0 Å². The smallest absolute Gasteiger partial charge is 0.317 e. The third kappa shape index (κ3) is 4.40. The standard InChI is InChI=1S/C13H23N3O4/c1-8(11(17)14-2)7-16(3)13(20)15-10-5-4-9(6-10)12(18)19/h8-10H,4-7H2,1-3H3,(H,14,17)(H,15,20)(H,18,19)/t8?,9-,10+/m1/s1. The van der Waals surface area contributed by atoms with E-state index in [0.29, 0.717) is 25.8 Å². The Morgan fingerprint density at radius 2 is 2.00 bits per heavy atom. The summed E-state index contributed by atoms with van der Waals surface area (Å²) in [6, 6.07) is -0.363. The van der Waals surface area contributed by atoms with E-state index in [2.05, 4.69) is 10.6 Å². The molecule has 0 bridgehead atoms. The van der Waals surface area contributed by atoms with E-state index < -0.39 is 5.97 Å². The van der Waals surface area contributed by atoms with Gasteiger partial charge in [0.1, 0.15) is 0 Å². The maximum Gasteiger partial charge on any atom is 0.317 e. The van der Waals surface area contributed by atoms with Gasteiger partial charge in [0.05, 0.1) is 11.8 Å². The molecule has 1 saturated carbocycles. The van der Waals surface area contributed by atoms with Crippen molar-refractivity contribution in [2.75, 3.05) is 20.6 Å². The van der Waals surface area contributed by atoms with E-state index in [9.17, 15) is 14.4 Å². The number of carbonyl (C=O) groups excluding carboxylic acids is 2. The van der Waals surface area contributed by atoms with Crippen molar-refractivity contribution >= 4 is 17.9 Å². The first-order valence-corrected chi connectivity index (χ1v) is 6.81. The van der Waals surface area contributed by atoms with Gasteiger partial charge in [0.2, 0.25) is 5.91 Å². The fourth-order valence-corrected chi connectivity index (χ4v) is 2.44. The minimum Gasteiger partial charge on any atom is -0.481 e. The van der Waals surface area contributed by atoms with Crippen molar-refractivity contribution in [3.8, 4) is 0 Å². The molecule has 0 aromatic carbocycles. The third-order valence-electron chi connectivity index (χ3n) is 3.70. The van der Waals surface area contributed by atoms with Gasteiger partial charge in [-0.1, -0.05) is 6.92 Å². The molecule has 3 amide bonds. The molecule has 1 aliphatic rings. The zero-order valence-corrected chi connectivity index (χ0v) is 12.2. The number of carboxylic acid groups (broad SMARTS) is 1. The molecule has 0 aromatic rings. The van der Waals surface area contributed by atoms with Crippen molar-refractivity contribution in [3.63, 3.8) is 0 Å². The molecule has 3 N–H and O–H groups in total. The molecule has 7 heteroatoms. The minimum atomic E-state index is -0.802. The van der Waals surface area contributed by atoms with Crippen LogP contribution in [0.1, 0.15) is 26.2 Å². The largest absolute Gasteiger partial charge is 0.481 e. The van der Waals surface area contributed by atoms with Gasteiger partial charge in [-0.2, -0.15) is 0 Å². The number of hydrogen-bond acceptors (Lipinski definition) is 3. The van der Waals surface area contributed by atoms with Crippen molar-refractivity contribution in [1.82, 2.24) is 15.5 Å². The highest BCUT2D eigenvalue weighted by Gasteiger charge is 2.31. The molecule has 1 unspecified atom stereocenters. The van der Waals surface area contributed by atoms with E-state index in [-0.39, 0.29) is 29.8 Å². The van der Waals surface area contributed by atoms with Crippen LogP contribution in [0.3, 0.4) is 0 Å². The maximum absolute atomic E-state index is 12.0. The molecule has 7 nitrogen and oxygen atoms in total. The van der Waals surface area contributed by atoms with E-state index >= 15 is 0 Å². The number of urea groups is 1. The fourth-order valence-electron chi connectivity index (χ4n) is 2.44. The van der Waals surface area contributed by atoms with E-state index in [4.69, 9.17) is 5.11 Å². The monoisotopic (exact) mass is 285 g/mol. The van der Waals surface area contributed by atoms with Crippen LogP contribution < -0.4 is 10.6 Å². The Bertz CT molecular complexity index is 386. The van der Waals surface area contributed by atoms with Crippen molar-refractivity contribution in [2.45, 2.75) is 32.2 Å². The highest BCUT2D eigenvalue weighted by Crippen LogP contribution is 2.25. The predicted molar refractivity (Wildman–Crippen MR) is 73.2 cm³/mol. The summed E-state index contributed by atoms with van der Waals surface area (Å²) >= 11 is 0. The summed E-state index contributed by atoms with van der Waals surface area (Å²) in [5.41, 5.74) is 0. The maximum atomic E-state index is 12.0. The zero-order chi connectivity index (χ0) is 15.3. The van der Waals surface area contributed by atoms with Gasteiger partial charge in [-0.15, -0.1) is 0 Å². The molecule has 0 heterocycles. The molecular weight excluding hydrogens is 262 g/mol. The Morgan fingerprint density at radius 3 is 2.50 bits per heavy atom. The van der Waals surface area contributed by atoms with E-state index in [1.807, 2.05) is 0 Å². The molecular formula is C13H23N3O4. The first-order chi connectivity index (χ1) is 9.35. The van der Waals surface area contributed by atoms with Crippen molar-refractivity contribution < 1.29 is 19.5 Å². The van der Waals surface area contributed by atoms with Gasteiger partial charge >= 0.3 is 12.0 Å². The highest BCUT2D eigenvalue weighted by molar-refractivity contribution is 5.80. The van der Waals surface area contributed by atoms with Crippen LogP contribution in [-0.4, -0.2) is 54.6 Å². The van der Waals surface area contributed by atoms with Gasteiger partial charge < -0.3 is 20.6 Å². The van der Waals surface area contributed by atoms with Crippen LogP contribution in [0.5, 0.6) is 0 Å². The average Bonchev–Trinajstić information content (AvgIpc) is 2.86. The van der Waals surface area contributed by atoms with Crippen LogP contribution in [0, 0.1) is 11.8 Å². The van der Waals surface area contributed by atoms with E-state index in [0.717, 1.165) is 0 Å². The minimum absolute atomic E-state index is 0.0960. The topological polar surface area (TPSA) is 98.7 Å². The lowest BCUT2D eigenvalue weighted by Gasteiger charge is -2.23. The van der Waals surface area contributed by atoms with Gasteiger partial charge in [-0.25, -0.2) is 4.79 Å². The van der Waals surface area contributed by atoms with Crippen LogP contribution >= 0.6 is 0 Å². The molecule has 1 rings (SSSR count). The third-order valence-corrected chi connectivity index (χ3v) is 3.70. The molecule has 0 aromatic heterocycles. The lowest BCUT2D eigenvalue weighted by molar-refractivity contribution is -0.141. The summed E-state index contributed by atoms with van der Waals surface area (Å²) < 4.78 is 0. The molecule has 0 aliphatic heterocycles. The highest BCUT2D eigenvalue weighted by atomic mass is 16.4. The number of hydrogen-bond donors (Lipinski definition) is 3. The Balaban J connectivity index is 2.39. The van der Waals surface area contributed by atoms with E-state index in [1.165, 1.54) is 4.90 Å².